The lowest BCUT2D eigenvalue weighted by Gasteiger charge is -2.29. The van der Waals surface area contributed by atoms with E-state index in [0.29, 0.717) is 5.92 Å². The Hall–Kier alpha value is -1.02. The van der Waals surface area contributed by atoms with Gasteiger partial charge in [0, 0.05) is 0 Å². The predicted octanol–water partition coefficient (Wildman–Crippen LogP) is 2.41. The van der Waals surface area contributed by atoms with Gasteiger partial charge in [-0.05, 0) is 49.0 Å². The van der Waals surface area contributed by atoms with E-state index in [4.69, 9.17) is 4.74 Å². The molecule has 0 radical (unpaired) electrons. The highest BCUT2D eigenvalue weighted by Crippen LogP contribution is 2.30. The first-order valence-electron chi connectivity index (χ1n) is 5.66. The van der Waals surface area contributed by atoms with Crippen molar-refractivity contribution in [1.82, 2.24) is 5.32 Å². The summed E-state index contributed by atoms with van der Waals surface area (Å²) in [6.45, 7) is 4.60. The number of methoxy groups -OCH3 is 1. The highest BCUT2D eigenvalue weighted by Gasteiger charge is 2.22. The topological polar surface area (TPSA) is 21.3 Å². The molecular formula is C13H19NO. The lowest BCUT2D eigenvalue weighted by Crippen LogP contribution is -2.33. The molecule has 1 aliphatic rings. The van der Waals surface area contributed by atoms with Crippen molar-refractivity contribution in [3.8, 4) is 5.75 Å². The van der Waals surface area contributed by atoms with E-state index in [1.54, 1.807) is 7.11 Å². The normalized spacial score (nSPS) is 26.3. The van der Waals surface area contributed by atoms with E-state index in [9.17, 15) is 0 Å². The zero-order valence-corrected chi connectivity index (χ0v) is 9.49. The van der Waals surface area contributed by atoms with E-state index in [2.05, 4.69) is 36.5 Å². The molecule has 2 atom stereocenters. The van der Waals surface area contributed by atoms with E-state index in [1.807, 2.05) is 0 Å². The molecule has 0 bridgehead atoms. The molecule has 1 aromatic rings. The van der Waals surface area contributed by atoms with Crippen molar-refractivity contribution in [3.63, 3.8) is 0 Å². The molecule has 15 heavy (non-hydrogen) atoms. The maximum absolute atomic E-state index is 5.17. The first kappa shape index (κ1) is 10.5. The number of piperidine rings is 1. The zero-order chi connectivity index (χ0) is 10.7. The number of hydrogen-bond donors (Lipinski definition) is 1. The van der Waals surface area contributed by atoms with Crippen LogP contribution in [0.15, 0.2) is 24.3 Å². The molecule has 2 rings (SSSR count). The van der Waals surface area contributed by atoms with Gasteiger partial charge in [0.1, 0.15) is 5.75 Å². The van der Waals surface area contributed by atoms with Crippen LogP contribution in [-0.2, 0) is 0 Å². The molecule has 0 aromatic heterocycles. The van der Waals surface area contributed by atoms with Gasteiger partial charge >= 0.3 is 0 Å². The summed E-state index contributed by atoms with van der Waals surface area (Å²) in [6, 6.07) is 8.52. The monoisotopic (exact) mass is 205 g/mol. The molecule has 0 amide bonds. The second-order valence-corrected chi connectivity index (χ2v) is 4.35. The largest absolute Gasteiger partial charge is 0.497 e. The third-order valence-electron chi connectivity index (χ3n) is 3.33. The van der Waals surface area contributed by atoms with Crippen LogP contribution in [0.4, 0.5) is 0 Å². The third-order valence-corrected chi connectivity index (χ3v) is 3.33. The van der Waals surface area contributed by atoms with Crippen LogP contribution in [0.1, 0.15) is 24.8 Å². The van der Waals surface area contributed by atoms with Crippen molar-refractivity contribution < 1.29 is 4.74 Å². The summed E-state index contributed by atoms with van der Waals surface area (Å²) in [5.41, 5.74) is 1.45. The van der Waals surface area contributed by atoms with E-state index < -0.39 is 0 Å². The maximum Gasteiger partial charge on any atom is 0.118 e. The number of rotatable bonds is 2. The molecule has 1 saturated heterocycles. The predicted molar refractivity (Wildman–Crippen MR) is 62.4 cm³/mol. The van der Waals surface area contributed by atoms with E-state index in [0.717, 1.165) is 24.8 Å². The Balaban J connectivity index is 2.13. The average molecular weight is 205 g/mol. The van der Waals surface area contributed by atoms with E-state index in [1.165, 1.54) is 12.0 Å². The fraction of sp³-hybridized carbons (Fsp3) is 0.538. The van der Waals surface area contributed by atoms with E-state index in [-0.39, 0.29) is 0 Å². The molecule has 2 heteroatoms. The molecule has 82 valence electrons. The van der Waals surface area contributed by atoms with Gasteiger partial charge in [-0.3, -0.25) is 0 Å². The second kappa shape index (κ2) is 4.67. The van der Waals surface area contributed by atoms with Gasteiger partial charge in [0.15, 0.2) is 0 Å². The van der Waals surface area contributed by atoms with Crippen LogP contribution in [0.2, 0.25) is 0 Å². The van der Waals surface area contributed by atoms with Crippen molar-refractivity contribution in [3.05, 3.63) is 29.8 Å². The SMILES string of the molecule is COc1ccc(C2CCNCC2C)cc1. The molecule has 1 aromatic carbocycles. The fourth-order valence-electron chi connectivity index (χ4n) is 2.36. The highest BCUT2D eigenvalue weighted by molar-refractivity contribution is 5.30. The highest BCUT2D eigenvalue weighted by atomic mass is 16.5. The Kier molecular flexibility index (Phi) is 3.27. The molecule has 0 saturated carbocycles. The quantitative estimate of drug-likeness (QED) is 0.800. The van der Waals surface area contributed by atoms with Gasteiger partial charge in [0.05, 0.1) is 7.11 Å². The Morgan fingerprint density at radius 3 is 2.60 bits per heavy atom. The number of nitrogens with one attached hydrogen (secondary N) is 1. The van der Waals surface area contributed by atoms with Gasteiger partial charge in [-0.15, -0.1) is 0 Å². The number of ether oxygens (including phenoxy) is 1. The molecule has 2 unspecified atom stereocenters. The minimum absolute atomic E-state index is 0.706. The van der Waals surface area contributed by atoms with Crippen molar-refractivity contribution in [2.24, 2.45) is 5.92 Å². The van der Waals surface area contributed by atoms with Crippen LogP contribution in [-0.4, -0.2) is 20.2 Å². The van der Waals surface area contributed by atoms with Crippen molar-refractivity contribution in [2.75, 3.05) is 20.2 Å². The standard InChI is InChI=1S/C13H19NO/c1-10-9-14-8-7-13(10)11-3-5-12(15-2)6-4-11/h3-6,10,13-14H,7-9H2,1-2H3. The van der Waals surface area contributed by atoms with Crippen LogP contribution >= 0.6 is 0 Å². The van der Waals surface area contributed by atoms with E-state index >= 15 is 0 Å². The maximum atomic E-state index is 5.17. The molecule has 1 aliphatic heterocycles. The summed E-state index contributed by atoms with van der Waals surface area (Å²) in [5, 5.41) is 3.43. The Morgan fingerprint density at radius 2 is 2.00 bits per heavy atom. The summed E-state index contributed by atoms with van der Waals surface area (Å²) in [7, 11) is 1.71. The van der Waals surface area contributed by atoms with Crippen LogP contribution in [0.25, 0.3) is 0 Å². The van der Waals surface area contributed by atoms with Crippen LogP contribution in [0.5, 0.6) is 5.75 Å². The summed E-state index contributed by atoms with van der Waals surface area (Å²) >= 11 is 0. The Labute approximate surface area is 91.6 Å². The van der Waals surface area contributed by atoms with Crippen molar-refractivity contribution >= 4 is 0 Å². The van der Waals surface area contributed by atoms with Crippen molar-refractivity contribution in [1.29, 1.82) is 0 Å². The zero-order valence-electron chi connectivity index (χ0n) is 9.49. The van der Waals surface area contributed by atoms with Gasteiger partial charge in [-0.2, -0.15) is 0 Å². The lowest BCUT2D eigenvalue weighted by molar-refractivity contribution is 0.349. The van der Waals surface area contributed by atoms with Crippen LogP contribution in [0.3, 0.4) is 0 Å². The molecular weight excluding hydrogens is 186 g/mol. The molecule has 1 fully saturated rings. The Bertz CT molecular complexity index is 307. The summed E-state index contributed by atoms with van der Waals surface area (Å²) in [5.74, 6) is 2.38. The molecule has 0 aliphatic carbocycles. The molecule has 0 spiro atoms. The molecule has 1 heterocycles. The van der Waals surface area contributed by atoms with Crippen LogP contribution < -0.4 is 10.1 Å². The minimum atomic E-state index is 0.706. The van der Waals surface area contributed by atoms with Gasteiger partial charge in [0.25, 0.3) is 0 Å². The first-order chi connectivity index (χ1) is 7.31. The Morgan fingerprint density at radius 1 is 1.27 bits per heavy atom. The van der Waals surface area contributed by atoms with Gasteiger partial charge in [-0.25, -0.2) is 0 Å². The third kappa shape index (κ3) is 2.32. The fourth-order valence-corrected chi connectivity index (χ4v) is 2.36. The number of hydrogen-bond acceptors (Lipinski definition) is 2. The van der Waals surface area contributed by atoms with Gasteiger partial charge < -0.3 is 10.1 Å². The summed E-state index contributed by atoms with van der Waals surface area (Å²) in [6.07, 6.45) is 1.24. The first-order valence-corrected chi connectivity index (χ1v) is 5.66. The smallest absolute Gasteiger partial charge is 0.118 e. The molecule has 1 N–H and O–H groups in total. The van der Waals surface area contributed by atoms with Crippen molar-refractivity contribution in [2.45, 2.75) is 19.3 Å². The minimum Gasteiger partial charge on any atom is -0.497 e. The summed E-state index contributed by atoms with van der Waals surface area (Å²) in [4.78, 5) is 0. The summed E-state index contributed by atoms with van der Waals surface area (Å²) < 4.78 is 5.17. The average Bonchev–Trinajstić information content (AvgIpc) is 2.30. The lowest BCUT2D eigenvalue weighted by atomic mass is 9.82. The number of benzene rings is 1. The van der Waals surface area contributed by atoms with Gasteiger partial charge in [0.2, 0.25) is 0 Å². The second-order valence-electron chi connectivity index (χ2n) is 4.35. The van der Waals surface area contributed by atoms with Crippen LogP contribution in [0, 0.1) is 5.92 Å². The van der Waals surface area contributed by atoms with Gasteiger partial charge in [-0.1, -0.05) is 19.1 Å². The molecule has 2 nitrogen and oxygen atoms in total.